The summed E-state index contributed by atoms with van der Waals surface area (Å²) in [7, 11) is 0. The van der Waals surface area contributed by atoms with E-state index in [4.69, 9.17) is 10.5 Å². The Morgan fingerprint density at radius 1 is 0.895 bits per heavy atom. The lowest BCUT2D eigenvalue weighted by atomic mass is 10.0. The Kier molecular flexibility index (Phi) is 4.23. The van der Waals surface area contributed by atoms with E-state index in [0.717, 1.165) is 22.4 Å². The van der Waals surface area contributed by atoms with Gasteiger partial charge in [0, 0.05) is 11.6 Å². The summed E-state index contributed by atoms with van der Waals surface area (Å²) in [6.45, 7) is 6.07. The quantitative estimate of drug-likeness (QED) is 0.890. The van der Waals surface area contributed by atoms with Crippen LogP contribution in [0.2, 0.25) is 0 Å². The fraction of sp³-hybridized carbons (Fsp3) is 0.294. The molecule has 2 aromatic carbocycles. The van der Waals surface area contributed by atoms with Gasteiger partial charge in [0.2, 0.25) is 0 Å². The van der Waals surface area contributed by atoms with E-state index in [9.17, 15) is 0 Å². The van der Waals surface area contributed by atoms with Gasteiger partial charge in [-0.1, -0.05) is 42.5 Å². The molecule has 0 amide bonds. The second-order valence-corrected chi connectivity index (χ2v) is 5.07. The molecule has 2 heteroatoms. The van der Waals surface area contributed by atoms with Crippen molar-refractivity contribution < 1.29 is 4.74 Å². The van der Waals surface area contributed by atoms with Crippen LogP contribution in [0.5, 0.6) is 5.75 Å². The maximum Gasteiger partial charge on any atom is 0.127 e. The van der Waals surface area contributed by atoms with Crippen LogP contribution in [0.3, 0.4) is 0 Å². The minimum absolute atomic E-state index is 0.0659. The standard InChI is InChI=1S/C17H21NO/c1-12(2)19-17-7-5-4-6-16(17)15-10-8-14(9-11-15)13(3)18/h4-13H,18H2,1-3H3. The van der Waals surface area contributed by atoms with Crippen molar-refractivity contribution >= 4 is 0 Å². The third kappa shape index (κ3) is 3.36. The highest BCUT2D eigenvalue weighted by molar-refractivity contribution is 5.70. The third-order valence-electron chi connectivity index (χ3n) is 3.00. The average molecular weight is 255 g/mol. The second-order valence-electron chi connectivity index (χ2n) is 5.07. The highest BCUT2D eigenvalue weighted by atomic mass is 16.5. The number of nitrogens with two attached hydrogens (primary N) is 1. The van der Waals surface area contributed by atoms with Crippen molar-refractivity contribution in [1.29, 1.82) is 0 Å². The lowest BCUT2D eigenvalue weighted by molar-refractivity contribution is 0.243. The molecule has 0 heterocycles. The van der Waals surface area contributed by atoms with Gasteiger partial charge in [-0.25, -0.2) is 0 Å². The van der Waals surface area contributed by atoms with E-state index in [-0.39, 0.29) is 12.1 Å². The van der Waals surface area contributed by atoms with Crippen LogP contribution < -0.4 is 10.5 Å². The first-order valence-corrected chi connectivity index (χ1v) is 6.69. The maximum absolute atomic E-state index is 5.87. The molecule has 0 bridgehead atoms. The number of hydrogen-bond donors (Lipinski definition) is 1. The Labute approximate surface area is 115 Å². The van der Waals surface area contributed by atoms with Gasteiger partial charge in [0.05, 0.1) is 6.10 Å². The number of hydrogen-bond acceptors (Lipinski definition) is 2. The third-order valence-corrected chi connectivity index (χ3v) is 3.00. The summed E-state index contributed by atoms with van der Waals surface area (Å²) < 4.78 is 5.85. The van der Waals surface area contributed by atoms with Crippen LogP contribution in [0, 0.1) is 0 Å². The number of rotatable bonds is 4. The molecule has 0 aliphatic heterocycles. The van der Waals surface area contributed by atoms with Crippen molar-refractivity contribution in [3.05, 3.63) is 54.1 Å². The highest BCUT2D eigenvalue weighted by Crippen LogP contribution is 2.31. The molecule has 100 valence electrons. The molecule has 19 heavy (non-hydrogen) atoms. The number of ether oxygens (including phenoxy) is 1. The number of benzene rings is 2. The Balaban J connectivity index is 2.35. The monoisotopic (exact) mass is 255 g/mol. The van der Waals surface area contributed by atoms with Gasteiger partial charge in [-0.3, -0.25) is 0 Å². The predicted molar refractivity (Wildman–Crippen MR) is 80.2 cm³/mol. The summed E-state index contributed by atoms with van der Waals surface area (Å²) >= 11 is 0. The average Bonchev–Trinajstić information content (AvgIpc) is 2.39. The first-order valence-electron chi connectivity index (χ1n) is 6.69. The molecule has 0 spiro atoms. The molecule has 0 aliphatic rings. The molecule has 2 rings (SSSR count). The van der Waals surface area contributed by atoms with Crippen molar-refractivity contribution in [3.8, 4) is 16.9 Å². The van der Waals surface area contributed by atoms with Crippen LogP contribution in [-0.4, -0.2) is 6.10 Å². The molecule has 1 unspecified atom stereocenters. The Hall–Kier alpha value is -1.80. The lowest BCUT2D eigenvalue weighted by Crippen LogP contribution is -2.06. The summed E-state index contributed by atoms with van der Waals surface area (Å²) in [6, 6.07) is 16.5. The zero-order valence-electron chi connectivity index (χ0n) is 11.8. The van der Waals surface area contributed by atoms with Crippen LogP contribution in [-0.2, 0) is 0 Å². The molecule has 1 atom stereocenters. The fourth-order valence-corrected chi connectivity index (χ4v) is 2.03. The predicted octanol–water partition coefficient (Wildman–Crippen LogP) is 4.16. The Bertz CT molecular complexity index is 529. The molecule has 0 aliphatic carbocycles. The van der Waals surface area contributed by atoms with Gasteiger partial charge in [-0.2, -0.15) is 0 Å². The van der Waals surface area contributed by atoms with Gasteiger partial charge in [-0.15, -0.1) is 0 Å². The Morgan fingerprint density at radius 2 is 1.53 bits per heavy atom. The SMILES string of the molecule is CC(C)Oc1ccccc1-c1ccc(C(C)N)cc1. The maximum atomic E-state index is 5.87. The van der Waals surface area contributed by atoms with Crippen LogP contribution in [0.25, 0.3) is 11.1 Å². The minimum Gasteiger partial charge on any atom is -0.490 e. The molecule has 0 saturated carbocycles. The van der Waals surface area contributed by atoms with Crippen molar-refractivity contribution in [2.24, 2.45) is 5.73 Å². The van der Waals surface area contributed by atoms with E-state index in [0.29, 0.717) is 0 Å². The van der Waals surface area contributed by atoms with Crippen molar-refractivity contribution in [1.82, 2.24) is 0 Å². The van der Waals surface area contributed by atoms with E-state index < -0.39 is 0 Å². The van der Waals surface area contributed by atoms with E-state index in [1.165, 1.54) is 0 Å². The lowest BCUT2D eigenvalue weighted by Gasteiger charge is -2.15. The van der Waals surface area contributed by atoms with Gasteiger partial charge in [0.15, 0.2) is 0 Å². The smallest absolute Gasteiger partial charge is 0.127 e. The molecule has 0 fully saturated rings. The van der Waals surface area contributed by atoms with Crippen LogP contribution >= 0.6 is 0 Å². The van der Waals surface area contributed by atoms with Gasteiger partial charge in [-0.05, 0) is 38.0 Å². The molecular formula is C17H21NO. The van der Waals surface area contributed by atoms with Crippen LogP contribution in [0.4, 0.5) is 0 Å². The highest BCUT2D eigenvalue weighted by Gasteiger charge is 2.07. The van der Waals surface area contributed by atoms with Gasteiger partial charge in [0.25, 0.3) is 0 Å². The van der Waals surface area contributed by atoms with E-state index >= 15 is 0 Å². The first kappa shape index (κ1) is 13.6. The van der Waals surface area contributed by atoms with Crippen molar-refractivity contribution in [2.45, 2.75) is 32.9 Å². The molecule has 0 radical (unpaired) electrons. The van der Waals surface area contributed by atoms with Crippen molar-refractivity contribution in [2.75, 3.05) is 0 Å². The normalized spacial score (nSPS) is 12.5. The van der Waals surface area contributed by atoms with E-state index in [1.54, 1.807) is 0 Å². The molecule has 0 aromatic heterocycles. The molecule has 2 nitrogen and oxygen atoms in total. The topological polar surface area (TPSA) is 35.2 Å². The largest absolute Gasteiger partial charge is 0.490 e. The van der Waals surface area contributed by atoms with Gasteiger partial charge >= 0.3 is 0 Å². The molecule has 0 saturated heterocycles. The minimum atomic E-state index is 0.0659. The second kappa shape index (κ2) is 5.89. The summed E-state index contributed by atoms with van der Waals surface area (Å²) in [4.78, 5) is 0. The van der Waals surface area contributed by atoms with Crippen LogP contribution in [0.15, 0.2) is 48.5 Å². The summed E-state index contributed by atoms with van der Waals surface area (Å²) in [5, 5.41) is 0. The molecule has 2 N–H and O–H groups in total. The van der Waals surface area contributed by atoms with E-state index in [2.05, 4.69) is 30.3 Å². The summed E-state index contributed by atoms with van der Waals surface area (Å²) in [5.74, 6) is 0.922. The molecule has 2 aromatic rings. The van der Waals surface area contributed by atoms with Crippen molar-refractivity contribution in [3.63, 3.8) is 0 Å². The summed E-state index contributed by atoms with van der Waals surface area (Å²) in [5.41, 5.74) is 9.29. The zero-order valence-corrected chi connectivity index (χ0v) is 11.8. The Morgan fingerprint density at radius 3 is 2.11 bits per heavy atom. The zero-order chi connectivity index (χ0) is 13.8. The first-order chi connectivity index (χ1) is 9.08. The van der Waals surface area contributed by atoms with E-state index in [1.807, 2.05) is 39.0 Å². The molecular weight excluding hydrogens is 234 g/mol. The van der Waals surface area contributed by atoms with Crippen LogP contribution in [0.1, 0.15) is 32.4 Å². The summed E-state index contributed by atoms with van der Waals surface area (Å²) in [6.07, 6.45) is 0.171. The van der Waals surface area contributed by atoms with Gasteiger partial charge < -0.3 is 10.5 Å². The van der Waals surface area contributed by atoms with Gasteiger partial charge in [0.1, 0.15) is 5.75 Å². The number of para-hydroxylation sites is 1. The fourth-order valence-electron chi connectivity index (χ4n) is 2.03.